The molecule has 102 valence electrons. The number of hydrogen-bond donors (Lipinski definition) is 2. The molecule has 0 fully saturated rings. The zero-order chi connectivity index (χ0) is 13.8. The van der Waals surface area contributed by atoms with Crippen LogP contribution in [-0.2, 0) is 6.42 Å². The summed E-state index contributed by atoms with van der Waals surface area (Å²) in [7, 11) is 0. The van der Waals surface area contributed by atoms with Crippen LogP contribution in [0.15, 0.2) is 11.4 Å². The summed E-state index contributed by atoms with van der Waals surface area (Å²) in [6.45, 7) is 8.83. The summed E-state index contributed by atoms with van der Waals surface area (Å²) in [4.78, 5) is 13.1. The quantitative estimate of drug-likeness (QED) is 0.833. The van der Waals surface area contributed by atoms with Crippen LogP contribution < -0.4 is 11.1 Å². The van der Waals surface area contributed by atoms with Crippen LogP contribution >= 0.6 is 11.3 Å². The Morgan fingerprint density at radius 2 is 2.22 bits per heavy atom. The molecular weight excluding hydrogens is 244 g/mol. The first-order valence-electron chi connectivity index (χ1n) is 6.50. The minimum absolute atomic E-state index is 0.00968. The number of carbonyl (C=O) groups excluding carboxylic acids is 1. The van der Waals surface area contributed by atoms with E-state index in [9.17, 15) is 4.79 Å². The van der Waals surface area contributed by atoms with E-state index in [1.807, 2.05) is 18.4 Å². The van der Waals surface area contributed by atoms with Crippen molar-refractivity contribution in [1.82, 2.24) is 5.32 Å². The highest BCUT2D eigenvalue weighted by atomic mass is 32.1. The average molecular weight is 268 g/mol. The monoisotopic (exact) mass is 268 g/mol. The minimum Gasteiger partial charge on any atom is -0.345 e. The summed E-state index contributed by atoms with van der Waals surface area (Å²) in [6, 6.07) is 2.02. The van der Waals surface area contributed by atoms with Crippen LogP contribution in [-0.4, -0.2) is 18.0 Å². The largest absolute Gasteiger partial charge is 0.345 e. The minimum atomic E-state index is -0.319. The highest BCUT2D eigenvalue weighted by molar-refractivity contribution is 7.12. The van der Waals surface area contributed by atoms with Crippen molar-refractivity contribution >= 4 is 17.2 Å². The summed E-state index contributed by atoms with van der Waals surface area (Å²) in [5.41, 5.74) is 6.61. The molecule has 0 saturated heterocycles. The summed E-state index contributed by atoms with van der Waals surface area (Å²) in [5.74, 6) is 0.517. The molecule has 0 radical (unpaired) electrons. The first-order valence-corrected chi connectivity index (χ1v) is 7.38. The molecule has 1 amide bonds. The van der Waals surface area contributed by atoms with Crippen LogP contribution in [0.3, 0.4) is 0 Å². The van der Waals surface area contributed by atoms with Gasteiger partial charge in [0.2, 0.25) is 0 Å². The predicted molar refractivity (Wildman–Crippen MR) is 78.1 cm³/mol. The number of carbonyl (C=O) groups is 1. The van der Waals surface area contributed by atoms with Crippen molar-refractivity contribution in [3.8, 4) is 0 Å². The molecule has 1 rings (SSSR count). The van der Waals surface area contributed by atoms with Crippen LogP contribution in [0, 0.1) is 5.92 Å². The fraction of sp³-hybridized carbons (Fsp3) is 0.643. The molecule has 0 saturated carbocycles. The van der Waals surface area contributed by atoms with E-state index in [-0.39, 0.29) is 11.4 Å². The topological polar surface area (TPSA) is 55.1 Å². The second-order valence-electron chi connectivity index (χ2n) is 5.45. The third-order valence-corrected chi connectivity index (χ3v) is 4.01. The van der Waals surface area contributed by atoms with Crippen molar-refractivity contribution in [3.63, 3.8) is 0 Å². The number of nitrogens with one attached hydrogen (secondary N) is 1. The van der Waals surface area contributed by atoms with E-state index in [1.165, 1.54) is 11.3 Å². The van der Waals surface area contributed by atoms with Crippen LogP contribution in [0.4, 0.5) is 0 Å². The van der Waals surface area contributed by atoms with Gasteiger partial charge < -0.3 is 11.1 Å². The Kier molecular flexibility index (Phi) is 5.35. The van der Waals surface area contributed by atoms with Crippen LogP contribution in [0.1, 0.15) is 49.4 Å². The van der Waals surface area contributed by atoms with Gasteiger partial charge in [-0.25, -0.2) is 0 Å². The molecule has 1 aromatic rings. The molecule has 18 heavy (non-hydrogen) atoms. The van der Waals surface area contributed by atoms with Gasteiger partial charge in [0.15, 0.2) is 0 Å². The molecule has 3 N–H and O–H groups in total. The van der Waals surface area contributed by atoms with Crippen molar-refractivity contribution < 1.29 is 4.79 Å². The molecule has 0 aliphatic carbocycles. The molecule has 3 nitrogen and oxygen atoms in total. The van der Waals surface area contributed by atoms with Gasteiger partial charge in [-0.2, -0.15) is 0 Å². The lowest BCUT2D eigenvalue weighted by Gasteiger charge is -2.31. The van der Waals surface area contributed by atoms with Gasteiger partial charge in [-0.15, -0.1) is 11.3 Å². The average Bonchev–Trinajstić information content (AvgIpc) is 2.75. The maximum atomic E-state index is 12.3. The van der Waals surface area contributed by atoms with Crippen molar-refractivity contribution in [2.75, 3.05) is 6.54 Å². The Bertz CT molecular complexity index is 400. The summed E-state index contributed by atoms with van der Waals surface area (Å²) >= 11 is 1.50. The summed E-state index contributed by atoms with van der Waals surface area (Å²) in [6.07, 6.45) is 1.78. The number of nitrogens with two attached hydrogens (primary N) is 1. The Balaban J connectivity index is 2.79. The van der Waals surface area contributed by atoms with Gasteiger partial charge in [-0.05, 0) is 42.7 Å². The van der Waals surface area contributed by atoms with Crippen LogP contribution in [0.2, 0.25) is 0 Å². The van der Waals surface area contributed by atoms with Gasteiger partial charge in [0.25, 0.3) is 5.91 Å². The molecule has 0 aromatic carbocycles. The first-order chi connectivity index (χ1) is 8.41. The van der Waals surface area contributed by atoms with E-state index < -0.39 is 0 Å². The SMILES string of the molecule is CCc1ccsc1C(=O)NC(C)(CN)CC(C)C. The third kappa shape index (κ3) is 3.82. The Morgan fingerprint density at radius 3 is 2.72 bits per heavy atom. The maximum Gasteiger partial charge on any atom is 0.262 e. The molecule has 1 heterocycles. The second-order valence-corrected chi connectivity index (χ2v) is 6.36. The van der Waals surface area contributed by atoms with Gasteiger partial charge >= 0.3 is 0 Å². The van der Waals surface area contributed by atoms with Gasteiger partial charge in [0.05, 0.1) is 10.4 Å². The Hall–Kier alpha value is -0.870. The van der Waals surface area contributed by atoms with E-state index in [0.29, 0.717) is 12.5 Å². The lowest BCUT2D eigenvalue weighted by Crippen LogP contribution is -2.52. The second kappa shape index (κ2) is 6.34. The van der Waals surface area contributed by atoms with Crippen molar-refractivity contribution in [3.05, 3.63) is 21.9 Å². The van der Waals surface area contributed by atoms with E-state index >= 15 is 0 Å². The lowest BCUT2D eigenvalue weighted by molar-refractivity contribution is 0.0901. The normalized spacial score (nSPS) is 14.6. The number of amides is 1. The van der Waals surface area contributed by atoms with Crippen molar-refractivity contribution in [2.45, 2.75) is 46.1 Å². The van der Waals surface area contributed by atoms with Crippen LogP contribution in [0.25, 0.3) is 0 Å². The van der Waals surface area contributed by atoms with E-state index in [4.69, 9.17) is 5.73 Å². The standard InChI is InChI=1S/C14H24N2OS/c1-5-11-6-7-18-12(11)13(17)16-14(4,9-15)8-10(2)3/h6-7,10H,5,8-9,15H2,1-4H3,(H,16,17). The third-order valence-electron chi connectivity index (χ3n) is 3.06. The molecule has 1 aromatic heterocycles. The van der Waals surface area contributed by atoms with Gasteiger partial charge in [0, 0.05) is 6.54 Å². The van der Waals surface area contributed by atoms with E-state index in [2.05, 4.69) is 26.1 Å². The number of hydrogen-bond acceptors (Lipinski definition) is 3. The molecular formula is C14H24N2OS. The zero-order valence-electron chi connectivity index (χ0n) is 11.7. The Morgan fingerprint density at radius 1 is 1.56 bits per heavy atom. The van der Waals surface area contributed by atoms with E-state index in [1.54, 1.807) is 0 Å². The van der Waals surface area contributed by atoms with E-state index in [0.717, 1.165) is 23.3 Å². The fourth-order valence-corrected chi connectivity index (χ4v) is 3.12. The zero-order valence-corrected chi connectivity index (χ0v) is 12.6. The fourth-order valence-electron chi connectivity index (χ4n) is 2.23. The number of thiophene rings is 1. The van der Waals surface area contributed by atoms with Crippen LogP contribution in [0.5, 0.6) is 0 Å². The van der Waals surface area contributed by atoms with Crippen molar-refractivity contribution in [2.24, 2.45) is 11.7 Å². The molecule has 0 aliphatic rings. The molecule has 1 atom stereocenters. The van der Waals surface area contributed by atoms with Gasteiger partial charge in [-0.3, -0.25) is 4.79 Å². The summed E-state index contributed by atoms with van der Waals surface area (Å²) < 4.78 is 0. The van der Waals surface area contributed by atoms with Gasteiger partial charge in [-0.1, -0.05) is 20.8 Å². The molecule has 0 bridgehead atoms. The maximum absolute atomic E-state index is 12.3. The lowest BCUT2D eigenvalue weighted by atomic mass is 9.90. The first kappa shape index (κ1) is 15.2. The van der Waals surface area contributed by atoms with Gasteiger partial charge in [0.1, 0.15) is 0 Å². The Labute approximate surface area is 114 Å². The van der Waals surface area contributed by atoms with Crippen molar-refractivity contribution in [1.29, 1.82) is 0 Å². The number of rotatable bonds is 6. The molecule has 1 unspecified atom stereocenters. The smallest absolute Gasteiger partial charge is 0.262 e. The molecule has 4 heteroatoms. The number of aryl methyl sites for hydroxylation is 1. The highest BCUT2D eigenvalue weighted by Crippen LogP contribution is 2.20. The summed E-state index contributed by atoms with van der Waals surface area (Å²) in [5, 5.41) is 5.07. The highest BCUT2D eigenvalue weighted by Gasteiger charge is 2.27. The predicted octanol–water partition coefficient (Wildman–Crippen LogP) is 2.80. The molecule has 0 aliphatic heterocycles. The molecule has 0 spiro atoms.